The fourth-order valence-electron chi connectivity index (χ4n) is 8.33. The number of carbonyl (C=O) groups is 4. The minimum atomic E-state index is -4.64. The van der Waals surface area contributed by atoms with Crippen LogP contribution in [0.4, 0.5) is 28.6 Å². The molecule has 10 rings (SSSR count). The Labute approximate surface area is 518 Å². The second-order valence-electron chi connectivity index (χ2n) is 18.5. The summed E-state index contributed by atoms with van der Waals surface area (Å²) in [5.41, 5.74) is 4.67. The Hall–Kier alpha value is -4.28. The summed E-state index contributed by atoms with van der Waals surface area (Å²) in [6.07, 6.45) is -1.72. The van der Waals surface area contributed by atoms with E-state index in [-0.39, 0.29) is 29.3 Å². The van der Waals surface area contributed by atoms with Gasteiger partial charge in [0.05, 0.1) is 96.6 Å². The highest BCUT2D eigenvalue weighted by Gasteiger charge is 2.28. The summed E-state index contributed by atoms with van der Waals surface area (Å²) < 4.78 is 58.7. The number of thiazole rings is 3. The molecule has 6 aromatic rings. The van der Waals surface area contributed by atoms with Gasteiger partial charge in [0.2, 0.25) is 6.29 Å². The molecule has 2 N–H and O–H groups in total. The number of aromatic nitrogens is 3. The number of carboxylic acids is 1. The SMILES string of the molecule is O=C(CO)c1sc(N2CCOCC2)nc1Cc1ccc(Cl)c(Cl)c1.O=C(COC1CCCCO1)c1sc(N2CCOCC2)nc1Cc1ccc(Cl)c(Cl)c1.O=C(O)c1sc(N2CCOCC2)nc1Cc1ccc(Cl)c(Cl)c1.O=CC(F)(F)F. The number of ketones is 2. The van der Waals surface area contributed by atoms with E-state index in [2.05, 4.69) is 24.7 Å². The molecule has 0 amide bonds. The molecule has 0 radical (unpaired) electrons. The first-order valence-corrected chi connectivity index (χ1v) is 30.5. The maximum absolute atomic E-state index is 13.0. The summed E-state index contributed by atoms with van der Waals surface area (Å²) in [7, 11) is 0. The number of ether oxygens (including phenoxy) is 5. The maximum Gasteiger partial charge on any atom is 0.446 e. The van der Waals surface area contributed by atoms with Gasteiger partial charge in [-0.15, -0.1) is 0 Å². The highest BCUT2D eigenvalue weighted by Crippen LogP contribution is 2.34. The van der Waals surface area contributed by atoms with Gasteiger partial charge in [0.1, 0.15) is 18.1 Å². The molecule has 0 spiro atoms. The molecule has 448 valence electrons. The number of Topliss-reactive ketones (excluding diaryl/α,β-unsaturated/α-hetero) is 2. The highest BCUT2D eigenvalue weighted by atomic mass is 35.5. The van der Waals surface area contributed by atoms with Crippen LogP contribution >= 0.6 is 104 Å². The van der Waals surface area contributed by atoms with Gasteiger partial charge in [0.15, 0.2) is 33.3 Å². The topological polar surface area (TPSA) is 203 Å². The summed E-state index contributed by atoms with van der Waals surface area (Å²) in [6, 6.07) is 16.1. The lowest BCUT2D eigenvalue weighted by Gasteiger charge is -2.26. The number of carboxylic acid groups (broad SMARTS) is 1. The highest BCUT2D eigenvalue weighted by molar-refractivity contribution is 7.18. The predicted octanol–water partition coefficient (Wildman–Crippen LogP) is 12.0. The number of morpholine rings is 3. The number of benzene rings is 3. The lowest BCUT2D eigenvalue weighted by atomic mass is 10.1. The zero-order chi connectivity index (χ0) is 59.6. The molecule has 0 saturated carbocycles. The maximum atomic E-state index is 13.0. The summed E-state index contributed by atoms with van der Waals surface area (Å²) in [6.45, 7) is 8.46. The molecular weight excluding hydrogens is 1270 g/mol. The third-order valence-electron chi connectivity index (χ3n) is 12.5. The zero-order valence-corrected chi connectivity index (χ0v) is 51.1. The number of nitrogens with zero attached hydrogens (tertiary/aromatic N) is 6. The smallest absolute Gasteiger partial charge is 0.446 e. The normalized spacial score (nSPS) is 16.4. The van der Waals surface area contributed by atoms with Crippen LogP contribution in [0.2, 0.25) is 30.1 Å². The molecule has 4 fully saturated rings. The van der Waals surface area contributed by atoms with Gasteiger partial charge in [-0.2, -0.15) is 13.2 Å². The molecular formula is C54H55Cl6F3N6O11S3. The minimum absolute atomic E-state index is 0.0101. The van der Waals surface area contributed by atoms with Crippen molar-refractivity contribution in [3.05, 3.63) is 133 Å². The Kier molecular flexibility index (Phi) is 25.9. The van der Waals surface area contributed by atoms with E-state index in [1.54, 1.807) is 30.3 Å². The lowest BCUT2D eigenvalue weighted by molar-refractivity contribution is -0.156. The molecule has 4 saturated heterocycles. The number of hydrogen-bond donors (Lipinski definition) is 2. The second-order valence-corrected chi connectivity index (χ2v) is 23.8. The van der Waals surface area contributed by atoms with Crippen LogP contribution in [-0.2, 0) is 47.7 Å². The van der Waals surface area contributed by atoms with Crippen molar-refractivity contribution in [1.82, 2.24) is 15.0 Å². The summed E-state index contributed by atoms with van der Waals surface area (Å²) in [5, 5.41) is 23.9. The number of alkyl halides is 3. The second kappa shape index (κ2) is 32.5. The van der Waals surface area contributed by atoms with E-state index in [4.69, 9.17) is 103 Å². The number of rotatable bonds is 16. The monoisotopic (exact) mass is 1330 g/mol. The van der Waals surface area contributed by atoms with Crippen LogP contribution in [0.3, 0.4) is 0 Å². The molecule has 17 nitrogen and oxygen atoms in total. The van der Waals surface area contributed by atoms with Crippen molar-refractivity contribution in [2.75, 3.05) is 113 Å². The van der Waals surface area contributed by atoms with Crippen molar-refractivity contribution in [3.63, 3.8) is 0 Å². The Morgan fingerprint density at radius 3 is 1.27 bits per heavy atom. The Balaban J connectivity index is 0.000000172. The van der Waals surface area contributed by atoms with Crippen molar-refractivity contribution < 1.29 is 66.2 Å². The van der Waals surface area contributed by atoms with Gasteiger partial charge in [-0.05, 0) is 72.4 Å². The van der Waals surface area contributed by atoms with E-state index in [1.165, 1.54) is 34.0 Å². The van der Waals surface area contributed by atoms with E-state index in [9.17, 15) is 37.8 Å². The molecule has 83 heavy (non-hydrogen) atoms. The summed E-state index contributed by atoms with van der Waals surface area (Å²) in [5.74, 6) is -1.35. The fraction of sp³-hybridized carbons (Fsp3) is 0.426. The fourth-order valence-corrected chi connectivity index (χ4v) is 12.4. The molecule has 29 heteroatoms. The molecule has 7 heterocycles. The van der Waals surface area contributed by atoms with E-state index in [1.807, 2.05) is 24.3 Å². The van der Waals surface area contributed by atoms with Gasteiger partial charge < -0.3 is 48.6 Å². The molecule has 3 aromatic heterocycles. The van der Waals surface area contributed by atoms with Crippen LogP contribution in [0.5, 0.6) is 0 Å². The standard InChI is InChI=1S/C21H24Cl2N2O4S.C16H16Cl2N2O3S.C15H14Cl2N2O3S.C2HF3O/c22-15-5-4-14(11-16(15)23)12-17-20(18(26)13-29-19-3-1-2-8-28-19)30-21(24-17)25-6-9-27-10-7-25;17-11-2-1-10(7-12(11)18)8-13-15(14(22)9-21)24-16(19-13)20-3-5-23-6-4-20;16-10-2-1-9(7-11(10)17)8-12-13(14(20)21)23-15(18-12)19-3-5-22-6-4-19;3-2(4,5)1-6/h4-5,11,19H,1-3,6-10,12-13H2;1-2,7,21H,3-6,8-9H2;1-2,7H,3-6,8H2,(H,20,21);1H. The van der Waals surface area contributed by atoms with Crippen LogP contribution in [0.1, 0.15) is 82.0 Å². The number of anilines is 3. The molecule has 4 aliphatic heterocycles. The largest absolute Gasteiger partial charge is 0.477 e. The number of aliphatic hydroxyl groups excluding tert-OH is 1. The van der Waals surface area contributed by atoms with Crippen molar-refractivity contribution >= 4 is 143 Å². The number of aliphatic hydroxyl groups is 1. The van der Waals surface area contributed by atoms with Crippen LogP contribution in [0.15, 0.2) is 54.6 Å². The van der Waals surface area contributed by atoms with Crippen molar-refractivity contribution in [3.8, 4) is 0 Å². The van der Waals surface area contributed by atoms with Crippen LogP contribution in [0, 0.1) is 0 Å². The number of aromatic carboxylic acids is 1. The van der Waals surface area contributed by atoms with Gasteiger partial charge >= 0.3 is 12.1 Å². The Morgan fingerprint density at radius 1 is 0.578 bits per heavy atom. The predicted molar refractivity (Wildman–Crippen MR) is 318 cm³/mol. The van der Waals surface area contributed by atoms with Crippen LogP contribution < -0.4 is 14.7 Å². The number of halogens is 9. The molecule has 0 bridgehead atoms. The van der Waals surface area contributed by atoms with E-state index < -0.39 is 25.0 Å². The Bertz CT molecular complexity index is 3150. The molecule has 1 atom stereocenters. The van der Waals surface area contributed by atoms with E-state index >= 15 is 0 Å². The quantitative estimate of drug-likeness (QED) is 0.0683. The first-order chi connectivity index (χ1) is 39.8. The van der Waals surface area contributed by atoms with E-state index in [0.29, 0.717) is 117 Å². The molecule has 0 aliphatic carbocycles. The van der Waals surface area contributed by atoms with Crippen LogP contribution in [-0.4, -0.2) is 160 Å². The zero-order valence-electron chi connectivity index (χ0n) is 44.1. The average Bonchev–Trinajstić information content (AvgIpc) is 4.26. The third kappa shape index (κ3) is 20.1. The number of hydrogen-bond acceptors (Lipinski definition) is 19. The molecule has 4 aliphatic rings. The molecule has 3 aromatic carbocycles. The van der Waals surface area contributed by atoms with E-state index in [0.717, 1.165) is 96.3 Å². The van der Waals surface area contributed by atoms with Gasteiger partial charge in [-0.25, -0.2) is 19.7 Å². The third-order valence-corrected chi connectivity index (χ3v) is 18.2. The average molecular weight is 1330 g/mol. The summed E-state index contributed by atoms with van der Waals surface area (Å²) in [4.78, 5) is 67.0. The molecule has 1 unspecified atom stereocenters. The Morgan fingerprint density at radius 2 is 0.940 bits per heavy atom. The van der Waals surface area contributed by atoms with Gasteiger partial charge in [0.25, 0.3) is 0 Å². The van der Waals surface area contributed by atoms with Crippen molar-refractivity contribution in [2.24, 2.45) is 0 Å². The van der Waals surface area contributed by atoms with Crippen LogP contribution in [0.25, 0.3) is 0 Å². The van der Waals surface area contributed by atoms with Gasteiger partial charge in [-0.1, -0.05) is 122 Å². The first kappa shape index (κ1) is 66.2. The first-order valence-electron chi connectivity index (χ1n) is 25.7. The lowest BCUT2D eigenvalue weighted by Crippen LogP contribution is -2.36. The van der Waals surface area contributed by atoms with Gasteiger partial charge in [0, 0.05) is 65.1 Å². The number of carbonyl (C=O) groups excluding carboxylic acids is 3. The number of aldehydes is 1. The van der Waals surface area contributed by atoms with Gasteiger partial charge in [-0.3, -0.25) is 14.4 Å². The summed E-state index contributed by atoms with van der Waals surface area (Å²) >= 11 is 40.1. The minimum Gasteiger partial charge on any atom is -0.477 e. The van der Waals surface area contributed by atoms with Crippen molar-refractivity contribution in [1.29, 1.82) is 0 Å². The van der Waals surface area contributed by atoms with Crippen molar-refractivity contribution in [2.45, 2.75) is 51.0 Å².